The molecule has 0 spiro atoms. The summed E-state index contributed by atoms with van der Waals surface area (Å²) in [6, 6.07) is 0. The van der Waals surface area contributed by atoms with Gasteiger partial charge in [-0.2, -0.15) is 0 Å². The molecule has 4 nitrogen and oxygen atoms in total. The molecule has 0 aliphatic carbocycles. The summed E-state index contributed by atoms with van der Waals surface area (Å²) >= 11 is 6.22. The molecule has 1 fully saturated rings. The quantitative estimate of drug-likeness (QED) is 0.895. The number of aliphatic hydroxyl groups is 1. The van der Waals surface area contributed by atoms with Gasteiger partial charge in [-0.15, -0.1) is 0 Å². The second-order valence-electron chi connectivity index (χ2n) is 5.33. The minimum absolute atomic E-state index is 0.420. The molecule has 5 heteroatoms. The van der Waals surface area contributed by atoms with Crippen molar-refractivity contribution in [3.8, 4) is 0 Å². The van der Waals surface area contributed by atoms with E-state index in [9.17, 15) is 5.11 Å². The summed E-state index contributed by atoms with van der Waals surface area (Å²) in [5.74, 6) is 1.42. The van der Waals surface area contributed by atoms with Crippen LogP contribution >= 0.6 is 11.6 Å². The van der Waals surface area contributed by atoms with E-state index in [-0.39, 0.29) is 0 Å². The average molecular weight is 270 g/mol. The zero-order chi connectivity index (χ0) is 12.7. The number of aromatic nitrogens is 2. The fourth-order valence-corrected chi connectivity index (χ4v) is 3.48. The molecule has 0 bridgehead atoms. The minimum Gasteiger partial charge on any atom is -0.373 e. The Balaban J connectivity index is 1.93. The van der Waals surface area contributed by atoms with E-state index in [1.54, 1.807) is 0 Å². The van der Waals surface area contributed by atoms with Crippen LogP contribution in [0.15, 0.2) is 0 Å². The van der Waals surface area contributed by atoms with E-state index in [1.807, 2.05) is 4.57 Å². The van der Waals surface area contributed by atoms with E-state index in [0.29, 0.717) is 11.1 Å². The normalized spacial score (nSPS) is 28.6. The van der Waals surface area contributed by atoms with E-state index < -0.39 is 6.23 Å². The number of hydrogen-bond acceptors (Lipinski definition) is 3. The highest BCUT2D eigenvalue weighted by Crippen LogP contribution is 2.35. The van der Waals surface area contributed by atoms with Crippen molar-refractivity contribution in [1.29, 1.82) is 0 Å². The maximum Gasteiger partial charge on any atom is 0.150 e. The molecule has 2 unspecified atom stereocenters. The van der Waals surface area contributed by atoms with E-state index in [4.69, 9.17) is 11.6 Å². The Morgan fingerprint density at radius 3 is 3.00 bits per heavy atom. The SMILES string of the molecule is CCN1CCC(c2nc(Cl)c3n2C(O)CCC3)C1. The van der Waals surface area contributed by atoms with Gasteiger partial charge >= 0.3 is 0 Å². The highest BCUT2D eigenvalue weighted by atomic mass is 35.5. The number of likely N-dealkylation sites (N-methyl/N-ethyl adjacent to an activating group) is 1. The van der Waals surface area contributed by atoms with Crippen LogP contribution in [0, 0.1) is 0 Å². The van der Waals surface area contributed by atoms with Gasteiger partial charge in [-0.3, -0.25) is 0 Å². The lowest BCUT2D eigenvalue weighted by Gasteiger charge is -2.24. The Kier molecular flexibility index (Phi) is 3.34. The standard InChI is InChI=1S/C13H20ClN3O/c1-2-16-7-6-9(8-16)13-15-12(14)10-4-3-5-11(18)17(10)13/h9,11,18H,2-8H2,1H3. The maximum absolute atomic E-state index is 10.2. The van der Waals surface area contributed by atoms with Gasteiger partial charge in [0.2, 0.25) is 0 Å². The molecule has 18 heavy (non-hydrogen) atoms. The van der Waals surface area contributed by atoms with E-state index in [2.05, 4.69) is 16.8 Å². The molecule has 1 saturated heterocycles. The van der Waals surface area contributed by atoms with Crippen LogP contribution in [0.1, 0.15) is 49.9 Å². The number of aliphatic hydroxyl groups excluding tert-OH is 1. The lowest BCUT2D eigenvalue weighted by molar-refractivity contribution is 0.0746. The van der Waals surface area contributed by atoms with Gasteiger partial charge in [0.05, 0.1) is 5.69 Å². The third kappa shape index (κ3) is 1.96. The maximum atomic E-state index is 10.2. The van der Waals surface area contributed by atoms with E-state index in [0.717, 1.165) is 56.8 Å². The summed E-state index contributed by atoms with van der Waals surface area (Å²) in [7, 11) is 0. The van der Waals surface area contributed by atoms with Gasteiger partial charge in [-0.1, -0.05) is 18.5 Å². The van der Waals surface area contributed by atoms with Crippen molar-refractivity contribution in [1.82, 2.24) is 14.5 Å². The highest BCUT2D eigenvalue weighted by Gasteiger charge is 2.32. The van der Waals surface area contributed by atoms with Crippen molar-refractivity contribution in [2.75, 3.05) is 19.6 Å². The number of rotatable bonds is 2. The molecule has 0 saturated carbocycles. The molecule has 2 aliphatic heterocycles. The number of imidazole rings is 1. The van der Waals surface area contributed by atoms with Gasteiger partial charge in [-0.05, 0) is 38.8 Å². The molecule has 100 valence electrons. The Bertz CT molecular complexity index is 446. The summed E-state index contributed by atoms with van der Waals surface area (Å²) in [5.41, 5.74) is 1.03. The molecule has 1 aromatic rings. The molecule has 0 radical (unpaired) electrons. The zero-order valence-corrected chi connectivity index (χ0v) is 11.5. The Morgan fingerprint density at radius 1 is 1.44 bits per heavy atom. The Morgan fingerprint density at radius 2 is 2.28 bits per heavy atom. The first-order valence-corrected chi connectivity index (χ1v) is 7.25. The van der Waals surface area contributed by atoms with Crippen LogP contribution in [-0.4, -0.2) is 39.2 Å². The lowest BCUT2D eigenvalue weighted by Crippen LogP contribution is -2.23. The molecule has 1 aromatic heterocycles. The molecule has 3 rings (SSSR count). The molecule has 2 atom stereocenters. The Hall–Kier alpha value is -0.580. The lowest BCUT2D eigenvalue weighted by atomic mass is 10.1. The topological polar surface area (TPSA) is 41.3 Å². The fourth-order valence-electron chi connectivity index (χ4n) is 3.21. The second kappa shape index (κ2) is 4.83. The van der Waals surface area contributed by atoms with Crippen LogP contribution in [0.4, 0.5) is 0 Å². The van der Waals surface area contributed by atoms with Gasteiger partial charge in [0, 0.05) is 12.5 Å². The molecule has 2 aliphatic rings. The monoisotopic (exact) mass is 269 g/mol. The van der Waals surface area contributed by atoms with Crippen LogP contribution in [0.5, 0.6) is 0 Å². The molecule has 0 amide bonds. The summed E-state index contributed by atoms with van der Waals surface area (Å²) < 4.78 is 2.00. The van der Waals surface area contributed by atoms with Crippen molar-refractivity contribution >= 4 is 11.6 Å². The largest absolute Gasteiger partial charge is 0.373 e. The van der Waals surface area contributed by atoms with Crippen molar-refractivity contribution in [3.63, 3.8) is 0 Å². The van der Waals surface area contributed by atoms with Crippen molar-refractivity contribution < 1.29 is 5.11 Å². The number of likely N-dealkylation sites (tertiary alicyclic amines) is 1. The predicted molar refractivity (Wildman–Crippen MR) is 70.9 cm³/mol. The Labute approximate surface area is 113 Å². The number of nitrogens with zero attached hydrogens (tertiary/aromatic N) is 3. The zero-order valence-electron chi connectivity index (χ0n) is 10.8. The predicted octanol–water partition coefficient (Wildman–Crippen LogP) is 2.17. The van der Waals surface area contributed by atoms with Crippen LogP contribution in [0.3, 0.4) is 0 Å². The summed E-state index contributed by atoms with van der Waals surface area (Å²) in [5, 5.41) is 10.8. The molecule has 0 aromatic carbocycles. The first-order valence-electron chi connectivity index (χ1n) is 6.87. The third-order valence-corrected chi connectivity index (χ3v) is 4.55. The molecular weight excluding hydrogens is 250 g/mol. The van der Waals surface area contributed by atoms with Gasteiger partial charge in [-0.25, -0.2) is 4.98 Å². The fraction of sp³-hybridized carbons (Fsp3) is 0.769. The first kappa shape index (κ1) is 12.5. The average Bonchev–Trinajstić information content (AvgIpc) is 2.95. The third-order valence-electron chi connectivity index (χ3n) is 4.25. The van der Waals surface area contributed by atoms with E-state index >= 15 is 0 Å². The second-order valence-corrected chi connectivity index (χ2v) is 5.69. The number of hydrogen-bond donors (Lipinski definition) is 1. The van der Waals surface area contributed by atoms with Gasteiger partial charge in [0.1, 0.15) is 12.1 Å². The highest BCUT2D eigenvalue weighted by molar-refractivity contribution is 6.30. The van der Waals surface area contributed by atoms with Crippen LogP contribution in [0.25, 0.3) is 0 Å². The molecular formula is C13H20ClN3O. The molecule has 1 N–H and O–H groups in total. The molecule has 3 heterocycles. The number of fused-ring (bicyclic) bond motifs is 1. The van der Waals surface area contributed by atoms with E-state index in [1.165, 1.54) is 0 Å². The van der Waals surface area contributed by atoms with Crippen molar-refractivity contribution in [2.24, 2.45) is 0 Å². The van der Waals surface area contributed by atoms with Crippen molar-refractivity contribution in [2.45, 2.75) is 44.8 Å². The minimum atomic E-state index is -0.431. The van der Waals surface area contributed by atoms with Gasteiger partial charge in [0.15, 0.2) is 5.15 Å². The van der Waals surface area contributed by atoms with Crippen LogP contribution in [0.2, 0.25) is 5.15 Å². The summed E-state index contributed by atoms with van der Waals surface area (Å²) in [4.78, 5) is 6.96. The smallest absolute Gasteiger partial charge is 0.150 e. The van der Waals surface area contributed by atoms with Crippen molar-refractivity contribution in [3.05, 3.63) is 16.7 Å². The first-order chi connectivity index (χ1) is 8.70. The summed E-state index contributed by atoms with van der Waals surface area (Å²) in [6.07, 6.45) is 3.44. The van der Waals surface area contributed by atoms with Crippen LogP contribution in [-0.2, 0) is 6.42 Å². The van der Waals surface area contributed by atoms with Crippen LogP contribution < -0.4 is 0 Å². The number of halogens is 1. The van der Waals surface area contributed by atoms with Gasteiger partial charge < -0.3 is 14.6 Å². The summed E-state index contributed by atoms with van der Waals surface area (Å²) in [6.45, 7) is 5.43. The van der Waals surface area contributed by atoms with Gasteiger partial charge in [0.25, 0.3) is 0 Å².